The Labute approximate surface area is 388 Å². The minimum absolute atomic E-state index is 0.0232. The van der Waals surface area contributed by atoms with Crippen molar-refractivity contribution in [3.63, 3.8) is 0 Å². The molecule has 3 heterocycles. The Morgan fingerprint density at radius 3 is 2.41 bits per heavy atom. The molecule has 13 nitrogen and oxygen atoms in total. The fourth-order valence-electron chi connectivity index (χ4n) is 8.64. The monoisotopic (exact) mass is 961 g/mol. The van der Waals surface area contributed by atoms with Crippen LogP contribution in [0.1, 0.15) is 75.0 Å². The number of aryl methyl sites for hydroxylation is 2. The van der Waals surface area contributed by atoms with Gasteiger partial charge in [-0.3, -0.25) is 10.1 Å². The zero-order chi connectivity index (χ0) is 47.8. The quantitative estimate of drug-likeness (QED) is 0.144. The maximum Gasteiger partial charge on any atom is 0.411 e. The van der Waals surface area contributed by atoms with E-state index in [1.54, 1.807) is 38.2 Å². The summed E-state index contributed by atoms with van der Waals surface area (Å²) in [4.78, 5) is 30.8. The molecule has 18 heteroatoms. The fourth-order valence-corrected chi connectivity index (χ4v) is 12.5. The first-order valence-corrected chi connectivity index (χ1v) is 25.9. The average Bonchev–Trinajstić information content (AvgIpc) is 3.86. The van der Waals surface area contributed by atoms with Crippen LogP contribution in [0.5, 0.6) is 0 Å². The third kappa shape index (κ3) is 10.7. The normalized spacial score (nSPS) is 18.1. The number of hydrogen-bond acceptors (Lipinski definition) is 11. The standard InChI is InChI=1S/C48H53F2N5O8S3/c1-30(44(56)62-6)23-32-15-11-16-33(24-32)48(4)20-12-19-47(2,3)29-66(60,61)22-18-35-34-17-21-55(65(7,58)59)40(34)27-38(50)42(35)64-41-25-36(43-52-45(48)53-54(43)5)37(49)26-39(41)51-46(57)63-28-31-13-9-8-10-14-31/h8-11,13-17,21,24-27,30H,12,18-20,22-23,28-29H2,1-7H3,(H,51,57)/t30-,48-/m1/s1. The number of halogens is 2. The van der Waals surface area contributed by atoms with Gasteiger partial charge in [-0.25, -0.2) is 44.0 Å². The highest BCUT2D eigenvalue weighted by Gasteiger charge is 2.37. The molecule has 7 rings (SSSR count). The largest absolute Gasteiger partial charge is 0.469 e. The van der Waals surface area contributed by atoms with Crippen LogP contribution in [0, 0.1) is 23.0 Å². The molecule has 2 atom stereocenters. The molecule has 4 bridgehead atoms. The lowest BCUT2D eigenvalue weighted by molar-refractivity contribution is -0.144. The highest BCUT2D eigenvalue weighted by atomic mass is 32.2. The summed E-state index contributed by atoms with van der Waals surface area (Å²) < 4.78 is 100. The zero-order valence-electron chi connectivity index (χ0n) is 37.9. The number of sulfone groups is 1. The number of hydrogen-bond donors (Lipinski definition) is 1. The molecule has 1 aliphatic heterocycles. The first-order chi connectivity index (χ1) is 31.1. The van der Waals surface area contributed by atoms with Crippen molar-refractivity contribution in [2.75, 3.05) is 30.2 Å². The predicted molar refractivity (Wildman–Crippen MR) is 251 cm³/mol. The van der Waals surface area contributed by atoms with Crippen LogP contribution < -0.4 is 5.32 Å². The molecule has 4 aromatic carbocycles. The Hall–Kier alpha value is -5.59. The predicted octanol–water partition coefficient (Wildman–Crippen LogP) is 9.25. The number of amides is 1. The van der Waals surface area contributed by atoms with Crippen LogP contribution in [0.25, 0.3) is 22.3 Å². The van der Waals surface area contributed by atoms with Crippen LogP contribution in [0.3, 0.4) is 0 Å². The number of rotatable bonds is 8. The van der Waals surface area contributed by atoms with E-state index in [2.05, 4.69) is 5.32 Å². The highest BCUT2D eigenvalue weighted by Crippen LogP contribution is 2.44. The Bertz CT molecular complexity index is 3050. The van der Waals surface area contributed by atoms with E-state index in [1.807, 2.05) is 51.1 Å². The fraction of sp³-hybridized carbons (Fsp3) is 0.375. The highest BCUT2D eigenvalue weighted by molar-refractivity contribution is 7.99. The molecule has 0 unspecified atom stereocenters. The van der Waals surface area contributed by atoms with Gasteiger partial charge in [0.25, 0.3) is 0 Å². The van der Waals surface area contributed by atoms with Gasteiger partial charge in [0.05, 0.1) is 57.9 Å². The van der Waals surface area contributed by atoms with Crippen molar-refractivity contribution in [1.29, 1.82) is 0 Å². The van der Waals surface area contributed by atoms with E-state index in [4.69, 9.17) is 19.6 Å². The van der Waals surface area contributed by atoms with Gasteiger partial charge in [-0.1, -0.05) is 93.6 Å². The second-order valence-corrected chi connectivity index (χ2v) is 23.1. The lowest BCUT2D eigenvalue weighted by Gasteiger charge is -2.31. The van der Waals surface area contributed by atoms with E-state index < -0.39 is 54.3 Å². The van der Waals surface area contributed by atoms with Crippen LogP contribution in [0.4, 0.5) is 19.3 Å². The van der Waals surface area contributed by atoms with Gasteiger partial charge in [-0.05, 0) is 78.5 Å². The molecule has 0 spiro atoms. The van der Waals surface area contributed by atoms with E-state index in [0.717, 1.165) is 45.2 Å². The molecule has 2 aromatic heterocycles. The maximum absolute atomic E-state index is 16.8. The molecule has 1 aliphatic rings. The topological polar surface area (TPSA) is 169 Å². The molecule has 350 valence electrons. The summed E-state index contributed by atoms with van der Waals surface area (Å²) in [6.45, 7) is 7.45. The number of anilines is 1. The molecule has 1 amide bonds. The molecule has 0 aliphatic carbocycles. The minimum atomic E-state index is -3.90. The zero-order valence-corrected chi connectivity index (χ0v) is 40.3. The van der Waals surface area contributed by atoms with Crippen LogP contribution >= 0.6 is 11.8 Å². The molecule has 1 N–H and O–H groups in total. The number of nitrogens with zero attached hydrogens (tertiary/aromatic N) is 4. The average molecular weight is 962 g/mol. The lowest BCUT2D eigenvalue weighted by Crippen LogP contribution is -2.29. The number of fused-ring (bicyclic) bond motifs is 8. The number of benzene rings is 4. The number of nitrogens with one attached hydrogen (secondary N) is 1. The van der Waals surface area contributed by atoms with Crippen molar-refractivity contribution in [2.24, 2.45) is 18.4 Å². The molecule has 66 heavy (non-hydrogen) atoms. The molecule has 6 aromatic rings. The molecule has 0 saturated heterocycles. The van der Waals surface area contributed by atoms with Gasteiger partial charge in [0.1, 0.15) is 18.2 Å². The summed E-state index contributed by atoms with van der Waals surface area (Å²) in [5, 5.41) is 7.81. The van der Waals surface area contributed by atoms with Crippen molar-refractivity contribution in [1.82, 2.24) is 18.7 Å². The maximum atomic E-state index is 16.8. The molecular formula is C48H53F2N5O8S3. The second-order valence-electron chi connectivity index (χ2n) is 18.0. The number of esters is 1. The van der Waals surface area contributed by atoms with Gasteiger partial charge in [0, 0.05) is 29.6 Å². The summed E-state index contributed by atoms with van der Waals surface area (Å²) in [6.07, 6.45) is 3.07. The Morgan fingerprint density at radius 1 is 0.970 bits per heavy atom. The summed E-state index contributed by atoms with van der Waals surface area (Å²) in [7, 11) is -4.73. The Balaban J connectivity index is 1.41. The lowest BCUT2D eigenvalue weighted by atomic mass is 9.75. The number of aromatic nitrogens is 4. The molecule has 0 saturated carbocycles. The van der Waals surface area contributed by atoms with Gasteiger partial charge in [0.15, 0.2) is 21.5 Å². The third-order valence-electron chi connectivity index (χ3n) is 12.1. The number of methoxy groups -OCH3 is 1. The van der Waals surface area contributed by atoms with E-state index in [0.29, 0.717) is 42.5 Å². The van der Waals surface area contributed by atoms with Crippen LogP contribution in [0.15, 0.2) is 94.9 Å². The first-order valence-electron chi connectivity index (χ1n) is 21.4. The summed E-state index contributed by atoms with van der Waals surface area (Å²) in [6, 6.07) is 21.8. The smallest absolute Gasteiger partial charge is 0.411 e. The van der Waals surface area contributed by atoms with Crippen molar-refractivity contribution in [3.05, 3.63) is 125 Å². The van der Waals surface area contributed by atoms with Crippen LogP contribution in [0.2, 0.25) is 0 Å². The van der Waals surface area contributed by atoms with Crippen molar-refractivity contribution < 1.29 is 44.7 Å². The number of ether oxygens (including phenoxy) is 2. The van der Waals surface area contributed by atoms with Gasteiger partial charge >= 0.3 is 12.1 Å². The van der Waals surface area contributed by atoms with E-state index in [-0.39, 0.29) is 68.4 Å². The van der Waals surface area contributed by atoms with Gasteiger partial charge in [-0.15, -0.1) is 0 Å². The summed E-state index contributed by atoms with van der Waals surface area (Å²) in [5.74, 6) is -2.47. The molecular weight excluding hydrogens is 909 g/mol. The second kappa shape index (κ2) is 19.0. The SMILES string of the molecule is COC(=O)[C@H](C)Cc1cccc([C@@]2(C)CCCC(C)(C)CS(=O)(=O)CCc3c(c(F)cc4c3ccn4S(C)(=O)=O)Sc3cc(c(F)cc3NC(=O)OCc3ccccc3)-c3nc2nn3C)c1. The number of carbonyl (C=O) groups is 2. The summed E-state index contributed by atoms with van der Waals surface area (Å²) in [5.41, 5.74) is 0.958. The van der Waals surface area contributed by atoms with Crippen LogP contribution in [-0.4, -0.2) is 72.5 Å². The molecule has 0 radical (unpaired) electrons. The molecule has 0 fully saturated rings. The van der Waals surface area contributed by atoms with Gasteiger partial charge in [0.2, 0.25) is 10.0 Å². The van der Waals surface area contributed by atoms with Crippen molar-refractivity contribution in [3.8, 4) is 11.4 Å². The van der Waals surface area contributed by atoms with E-state index in [1.165, 1.54) is 30.1 Å². The van der Waals surface area contributed by atoms with Crippen molar-refractivity contribution in [2.45, 2.75) is 81.6 Å². The summed E-state index contributed by atoms with van der Waals surface area (Å²) >= 11 is 0.822. The van der Waals surface area contributed by atoms with Crippen LogP contribution in [-0.2, 0) is 66.0 Å². The van der Waals surface area contributed by atoms with Crippen molar-refractivity contribution >= 4 is 60.3 Å². The van der Waals surface area contributed by atoms with Gasteiger partial charge in [-0.2, -0.15) is 5.10 Å². The van der Waals surface area contributed by atoms with Gasteiger partial charge < -0.3 is 9.47 Å². The first kappa shape index (κ1) is 48.3. The van der Waals surface area contributed by atoms with E-state index in [9.17, 15) is 26.4 Å². The third-order valence-corrected chi connectivity index (χ3v) is 16.4. The Morgan fingerprint density at radius 2 is 1.70 bits per heavy atom. The minimum Gasteiger partial charge on any atom is -0.469 e. The Kier molecular flexibility index (Phi) is 13.9. The van der Waals surface area contributed by atoms with E-state index >= 15 is 8.78 Å². The number of carbonyl (C=O) groups excluding carboxylic acids is 2.